The average molecular weight is 324 g/mol. The van der Waals surface area contributed by atoms with Crippen LogP contribution in [0.1, 0.15) is 42.7 Å². The molecule has 5 heteroatoms. The summed E-state index contributed by atoms with van der Waals surface area (Å²) in [6.07, 6.45) is 3.34. The molecule has 1 aliphatic heterocycles. The molecular weight excluding hydrogens is 300 g/mol. The molecule has 1 aliphatic rings. The van der Waals surface area contributed by atoms with Crippen molar-refractivity contribution in [1.29, 1.82) is 0 Å². The molecule has 126 valence electrons. The van der Waals surface area contributed by atoms with Crippen LogP contribution in [0.5, 0.6) is 0 Å². The summed E-state index contributed by atoms with van der Waals surface area (Å²) in [6, 6.07) is 11.5. The lowest BCUT2D eigenvalue weighted by Gasteiger charge is -2.30. The third kappa shape index (κ3) is 3.91. The van der Waals surface area contributed by atoms with Crippen molar-refractivity contribution in [2.45, 2.75) is 33.1 Å². The smallest absolute Gasteiger partial charge is 0.276 e. The van der Waals surface area contributed by atoms with Crippen molar-refractivity contribution in [2.75, 3.05) is 23.3 Å². The van der Waals surface area contributed by atoms with E-state index in [2.05, 4.69) is 34.3 Å². The molecule has 0 unspecified atom stereocenters. The molecule has 1 aromatic carbocycles. The zero-order chi connectivity index (χ0) is 16.9. The van der Waals surface area contributed by atoms with Crippen LogP contribution in [-0.4, -0.2) is 29.2 Å². The van der Waals surface area contributed by atoms with E-state index in [1.807, 2.05) is 30.3 Å². The molecule has 0 atom stereocenters. The van der Waals surface area contributed by atoms with Gasteiger partial charge in [0.25, 0.3) is 5.91 Å². The van der Waals surface area contributed by atoms with E-state index >= 15 is 0 Å². The number of aryl methyl sites for hydroxylation is 1. The van der Waals surface area contributed by atoms with Crippen molar-refractivity contribution in [1.82, 2.24) is 10.2 Å². The molecule has 0 saturated carbocycles. The number of rotatable bonds is 4. The highest BCUT2D eigenvalue weighted by molar-refractivity contribution is 6.02. The number of anilines is 2. The Hall–Kier alpha value is -2.43. The number of hydrogen-bond acceptors (Lipinski definition) is 4. The highest BCUT2D eigenvalue weighted by atomic mass is 16.1. The summed E-state index contributed by atoms with van der Waals surface area (Å²) in [4.78, 5) is 14.5. The van der Waals surface area contributed by atoms with Crippen LogP contribution in [0, 0.1) is 5.92 Å². The van der Waals surface area contributed by atoms with Crippen LogP contribution in [0.15, 0.2) is 36.4 Å². The number of nitrogens with one attached hydrogen (secondary N) is 1. The molecule has 2 aromatic rings. The van der Waals surface area contributed by atoms with Gasteiger partial charge in [-0.3, -0.25) is 4.79 Å². The lowest BCUT2D eigenvalue weighted by Crippen LogP contribution is -2.33. The Morgan fingerprint density at radius 3 is 2.42 bits per heavy atom. The minimum atomic E-state index is -0.231. The Morgan fingerprint density at radius 2 is 1.83 bits per heavy atom. The molecule has 1 fully saturated rings. The van der Waals surface area contributed by atoms with Gasteiger partial charge in [-0.1, -0.05) is 26.0 Å². The third-order valence-corrected chi connectivity index (χ3v) is 4.61. The van der Waals surface area contributed by atoms with E-state index in [9.17, 15) is 4.79 Å². The van der Waals surface area contributed by atoms with E-state index in [-0.39, 0.29) is 5.91 Å². The molecule has 2 heterocycles. The minimum Gasteiger partial charge on any atom is -0.355 e. The Bertz CT molecular complexity index is 674. The van der Waals surface area contributed by atoms with Crippen molar-refractivity contribution in [3.8, 4) is 0 Å². The van der Waals surface area contributed by atoms with Crippen LogP contribution in [0.3, 0.4) is 0 Å². The van der Waals surface area contributed by atoms with Crippen molar-refractivity contribution < 1.29 is 4.79 Å². The largest absolute Gasteiger partial charge is 0.355 e. The van der Waals surface area contributed by atoms with Crippen molar-refractivity contribution >= 4 is 17.4 Å². The molecule has 0 radical (unpaired) electrons. The van der Waals surface area contributed by atoms with Gasteiger partial charge in [-0.05, 0) is 55.0 Å². The van der Waals surface area contributed by atoms with Crippen molar-refractivity contribution in [2.24, 2.45) is 5.92 Å². The van der Waals surface area contributed by atoms with E-state index in [4.69, 9.17) is 0 Å². The monoisotopic (exact) mass is 324 g/mol. The van der Waals surface area contributed by atoms with E-state index in [1.54, 1.807) is 6.07 Å². The molecule has 1 amide bonds. The summed E-state index contributed by atoms with van der Waals surface area (Å²) in [6.45, 7) is 6.40. The fourth-order valence-corrected chi connectivity index (χ4v) is 2.87. The van der Waals surface area contributed by atoms with Gasteiger partial charge in [-0.15, -0.1) is 10.2 Å². The predicted octanol–water partition coefficient (Wildman–Crippen LogP) is 3.53. The van der Waals surface area contributed by atoms with Crippen LogP contribution in [0.25, 0.3) is 0 Å². The van der Waals surface area contributed by atoms with Crippen LogP contribution < -0.4 is 10.2 Å². The Morgan fingerprint density at radius 1 is 1.12 bits per heavy atom. The number of carbonyl (C=O) groups excluding carboxylic acids is 1. The fourth-order valence-electron chi connectivity index (χ4n) is 2.87. The van der Waals surface area contributed by atoms with Gasteiger partial charge in [0.2, 0.25) is 0 Å². The van der Waals surface area contributed by atoms with Crippen LogP contribution >= 0.6 is 0 Å². The van der Waals surface area contributed by atoms with Crippen LogP contribution in [0.4, 0.5) is 11.5 Å². The number of nitrogens with zero attached hydrogens (tertiary/aromatic N) is 3. The molecule has 1 aromatic heterocycles. The number of hydrogen-bond donors (Lipinski definition) is 1. The van der Waals surface area contributed by atoms with Gasteiger partial charge >= 0.3 is 0 Å². The van der Waals surface area contributed by atoms with E-state index in [1.165, 1.54) is 18.4 Å². The third-order valence-electron chi connectivity index (χ3n) is 4.61. The first-order chi connectivity index (χ1) is 11.7. The fraction of sp³-hybridized carbons (Fsp3) is 0.421. The molecule has 5 nitrogen and oxygen atoms in total. The number of aromatic nitrogens is 2. The van der Waals surface area contributed by atoms with Gasteiger partial charge in [0.05, 0.1) is 0 Å². The van der Waals surface area contributed by atoms with E-state index in [0.717, 1.165) is 36.9 Å². The Labute approximate surface area is 143 Å². The Kier molecular flexibility index (Phi) is 5.08. The quantitative estimate of drug-likeness (QED) is 0.935. The van der Waals surface area contributed by atoms with Crippen LogP contribution in [-0.2, 0) is 6.42 Å². The molecule has 0 bridgehead atoms. The number of benzene rings is 1. The maximum absolute atomic E-state index is 12.3. The lowest BCUT2D eigenvalue weighted by molar-refractivity contribution is 0.102. The Balaban J connectivity index is 1.62. The second kappa shape index (κ2) is 7.43. The summed E-state index contributed by atoms with van der Waals surface area (Å²) in [5.41, 5.74) is 2.35. The second-order valence-corrected chi connectivity index (χ2v) is 6.45. The summed E-state index contributed by atoms with van der Waals surface area (Å²) >= 11 is 0. The molecular formula is C19H24N4O. The number of piperidine rings is 1. The van der Waals surface area contributed by atoms with Gasteiger partial charge < -0.3 is 10.2 Å². The van der Waals surface area contributed by atoms with Crippen molar-refractivity contribution in [3.05, 3.63) is 47.7 Å². The first-order valence-electron chi connectivity index (χ1n) is 8.64. The molecule has 24 heavy (non-hydrogen) atoms. The van der Waals surface area contributed by atoms with Crippen molar-refractivity contribution in [3.63, 3.8) is 0 Å². The average Bonchev–Trinajstić information content (AvgIpc) is 2.63. The highest BCUT2D eigenvalue weighted by Gasteiger charge is 2.18. The minimum absolute atomic E-state index is 0.231. The van der Waals surface area contributed by atoms with E-state index in [0.29, 0.717) is 5.69 Å². The SMILES string of the molecule is CCc1ccc(NC(=O)c2ccc(N3CCC(C)CC3)nn2)cc1. The maximum atomic E-state index is 12.3. The first kappa shape index (κ1) is 16.4. The van der Waals surface area contributed by atoms with Gasteiger partial charge in [-0.2, -0.15) is 0 Å². The van der Waals surface area contributed by atoms with Gasteiger partial charge in [0.1, 0.15) is 0 Å². The normalized spacial score (nSPS) is 15.3. The molecule has 1 N–H and O–H groups in total. The van der Waals surface area contributed by atoms with E-state index < -0.39 is 0 Å². The zero-order valence-electron chi connectivity index (χ0n) is 14.3. The predicted molar refractivity (Wildman–Crippen MR) is 96.4 cm³/mol. The summed E-state index contributed by atoms with van der Waals surface area (Å²) in [7, 11) is 0. The topological polar surface area (TPSA) is 58.1 Å². The lowest BCUT2D eigenvalue weighted by atomic mass is 9.99. The number of carbonyl (C=O) groups is 1. The zero-order valence-corrected chi connectivity index (χ0v) is 14.3. The van der Waals surface area contributed by atoms with Gasteiger partial charge in [0, 0.05) is 18.8 Å². The maximum Gasteiger partial charge on any atom is 0.276 e. The summed E-state index contributed by atoms with van der Waals surface area (Å²) in [5, 5.41) is 11.2. The summed E-state index contributed by atoms with van der Waals surface area (Å²) in [5.74, 6) is 1.40. The number of amides is 1. The van der Waals surface area contributed by atoms with Crippen LogP contribution in [0.2, 0.25) is 0 Å². The standard InChI is InChI=1S/C19H24N4O/c1-3-15-4-6-16(7-5-15)20-19(24)17-8-9-18(22-21-17)23-12-10-14(2)11-13-23/h4-9,14H,3,10-13H2,1-2H3,(H,20,24). The molecule has 3 rings (SSSR count). The van der Waals surface area contributed by atoms with Gasteiger partial charge in [-0.25, -0.2) is 0 Å². The first-order valence-corrected chi connectivity index (χ1v) is 8.64. The highest BCUT2D eigenvalue weighted by Crippen LogP contribution is 2.20. The summed E-state index contributed by atoms with van der Waals surface area (Å²) < 4.78 is 0. The molecule has 1 saturated heterocycles. The van der Waals surface area contributed by atoms with Gasteiger partial charge in [0.15, 0.2) is 11.5 Å². The molecule has 0 aliphatic carbocycles. The second-order valence-electron chi connectivity index (χ2n) is 6.45. The molecule has 0 spiro atoms.